The molecule has 2 aliphatic rings. The van der Waals surface area contributed by atoms with Crippen LogP contribution in [0.5, 0.6) is 0 Å². The largest absolute Gasteiger partial charge is 0.459 e. The van der Waals surface area contributed by atoms with Gasteiger partial charge in [-0.25, -0.2) is 28.0 Å². The summed E-state index contributed by atoms with van der Waals surface area (Å²) in [5.74, 6) is -83.6. The third-order valence-corrected chi connectivity index (χ3v) is 7.07. The maximum atomic E-state index is 14.2. The summed E-state index contributed by atoms with van der Waals surface area (Å²) in [5.41, 5.74) is -14.0. The van der Waals surface area contributed by atoms with Crippen molar-refractivity contribution in [3.05, 3.63) is 24.8 Å². The van der Waals surface area contributed by atoms with Gasteiger partial charge in [-0.05, 0) is 6.92 Å². The summed E-state index contributed by atoms with van der Waals surface area (Å²) in [7, 11) is 0. The topological polar surface area (TPSA) is 105 Å². The summed E-state index contributed by atoms with van der Waals surface area (Å²) in [6.45, 7) is 1.65. The van der Waals surface area contributed by atoms with E-state index in [9.17, 15) is 116 Å². The van der Waals surface area contributed by atoms with Gasteiger partial charge in [0, 0.05) is 11.6 Å². The number of hydrogen-bond donors (Lipinski definition) is 0. The zero-order valence-corrected chi connectivity index (χ0v) is 25.9. The summed E-state index contributed by atoms with van der Waals surface area (Å²) in [6.07, 6.45) is 0.505. The van der Waals surface area contributed by atoms with Gasteiger partial charge in [-0.2, -0.15) is 87.8 Å². The molecule has 0 unspecified atom stereocenters. The van der Waals surface area contributed by atoms with Gasteiger partial charge in [0.25, 0.3) is 0 Å². The van der Waals surface area contributed by atoms with Gasteiger partial charge in [-0.3, -0.25) is 0 Å². The Kier molecular flexibility index (Phi) is 12.5. The molecule has 0 aromatic carbocycles. The summed E-state index contributed by atoms with van der Waals surface area (Å²) < 4.78 is 309. The van der Waals surface area contributed by atoms with Gasteiger partial charge >= 0.3 is 94.4 Å². The van der Waals surface area contributed by atoms with Gasteiger partial charge in [0.05, 0.1) is 0 Å². The van der Waals surface area contributed by atoms with Crippen LogP contribution in [0.2, 0.25) is 0 Å². The normalized spacial score (nSPS) is 25.7. The van der Waals surface area contributed by atoms with Gasteiger partial charge in [0.2, 0.25) is 0 Å². The fourth-order valence-corrected chi connectivity index (χ4v) is 3.88. The van der Waals surface area contributed by atoms with E-state index >= 15 is 0 Å². The average Bonchev–Trinajstić information content (AvgIpc) is 3.05. The van der Waals surface area contributed by atoms with Crippen molar-refractivity contribution < 1.29 is 135 Å². The van der Waals surface area contributed by atoms with Crippen LogP contribution in [0.4, 0.5) is 96.6 Å². The number of rotatable bonds is 10. The van der Waals surface area contributed by atoms with Crippen LogP contribution in [-0.4, -0.2) is 121 Å². The second kappa shape index (κ2) is 14.1. The van der Waals surface area contributed by atoms with Crippen LogP contribution >= 0.6 is 0 Å². The first kappa shape index (κ1) is 48.8. The minimum absolute atomic E-state index is 0.264. The summed E-state index contributed by atoms with van der Waals surface area (Å²) >= 11 is 0. The molecule has 0 saturated heterocycles. The molecule has 0 amide bonds. The first-order valence-electron chi connectivity index (χ1n) is 13.2. The maximum Gasteiger partial charge on any atom is 0.384 e. The molecule has 0 aliphatic heterocycles. The smallest absolute Gasteiger partial charge is 0.384 e. The van der Waals surface area contributed by atoms with Crippen molar-refractivity contribution in [2.24, 2.45) is 0 Å². The van der Waals surface area contributed by atoms with Crippen LogP contribution in [0, 0.1) is 0 Å². The SMILES string of the molecule is C=C(C)C(=O)OCCOC(=O)C1(F)C(F)(F)C(F)(F)C(F)(F)C(F)(F)C1(F)F.C=CC(=O)OCCOC(=O)C1(F)C(F)(F)C(F)(F)C(F)(F)C(F)(F)C1(F)F. The van der Waals surface area contributed by atoms with E-state index in [-0.39, 0.29) is 5.57 Å². The molecule has 0 spiro atoms. The first-order valence-corrected chi connectivity index (χ1v) is 13.2. The molecule has 2 rings (SSSR count). The van der Waals surface area contributed by atoms with Crippen LogP contribution < -0.4 is 0 Å². The highest BCUT2D eigenvalue weighted by Crippen LogP contribution is 2.71. The molecule has 0 atom stereocenters. The van der Waals surface area contributed by atoms with Crippen LogP contribution in [0.1, 0.15) is 6.92 Å². The lowest BCUT2D eigenvalue weighted by atomic mass is 9.72. The lowest BCUT2D eigenvalue weighted by Gasteiger charge is -2.50. The standard InChI is InChI=1S/C13H9F11O4.C12H7F11O4/c1-5(2)6(25)27-3-4-28-7(26)8(14)9(15,16)11(19,20)13(23,24)12(21,22)10(8,17)18;1-2-5(24)26-3-4-27-6(25)7(13)8(14,15)10(18,19)12(22,23)11(20,21)9(7,16)17/h1,3-4H2,2H3;2H,1,3-4H2. The lowest BCUT2D eigenvalue weighted by molar-refractivity contribution is -0.478. The molecular weight excluding hydrogens is 846 g/mol. The van der Waals surface area contributed by atoms with Gasteiger partial charge in [0.1, 0.15) is 26.4 Å². The van der Waals surface area contributed by atoms with Gasteiger partial charge in [-0.15, -0.1) is 0 Å². The molecule has 318 valence electrons. The molecule has 0 aromatic heterocycles. The quantitative estimate of drug-likeness (QED) is 0.0787. The fourth-order valence-electron chi connectivity index (χ4n) is 3.88. The van der Waals surface area contributed by atoms with Crippen LogP contribution in [-0.2, 0) is 38.1 Å². The predicted molar refractivity (Wildman–Crippen MR) is 126 cm³/mol. The van der Waals surface area contributed by atoms with Gasteiger partial charge < -0.3 is 18.9 Å². The summed E-state index contributed by atoms with van der Waals surface area (Å²) in [4.78, 5) is 44.0. The fraction of sp³-hybridized carbons (Fsp3) is 0.680. The van der Waals surface area contributed by atoms with E-state index in [0.29, 0.717) is 6.08 Å². The molecule has 2 fully saturated rings. The van der Waals surface area contributed by atoms with Gasteiger partial charge in [0.15, 0.2) is 0 Å². The molecular formula is C25H16F22O8. The molecule has 0 aromatic rings. The number of halogens is 22. The van der Waals surface area contributed by atoms with Crippen LogP contribution in [0.25, 0.3) is 0 Å². The lowest BCUT2D eigenvalue weighted by Crippen LogP contribution is -2.85. The van der Waals surface area contributed by atoms with Crippen molar-refractivity contribution in [3.63, 3.8) is 0 Å². The Morgan fingerprint density at radius 1 is 0.418 bits per heavy atom. The highest BCUT2D eigenvalue weighted by molar-refractivity contribution is 5.87. The Bertz CT molecular complexity index is 1500. The predicted octanol–water partition coefficient (Wildman–Crippen LogP) is 6.70. The molecule has 55 heavy (non-hydrogen) atoms. The van der Waals surface area contributed by atoms with E-state index < -0.39 is 121 Å². The third kappa shape index (κ3) is 6.18. The monoisotopic (exact) mass is 862 g/mol. The molecule has 2 aliphatic carbocycles. The Morgan fingerprint density at radius 3 is 0.873 bits per heavy atom. The zero-order valence-electron chi connectivity index (χ0n) is 25.9. The Morgan fingerprint density at radius 2 is 0.636 bits per heavy atom. The highest BCUT2D eigenvalue weighted by atomic mass is 19.4. The van der Waals surface area contributed by atoms with Crippen molar-refractivity contribution in [3.8, 4) is 0 Å². The Balaban J connectivity index is 0.000000550. The summed E-state index contributed by atoms with van der Waals surface area (Å²) in [6, 6.07) is 0. The molecule has 0 radical (unpaired) electrons. The number of carbonyl (C=O) groups excluding carboxylic acids is 4. The number of hydrogen-bond acceptors (Lipinski definition) is 8. The van der Waals surface area contributed by atoms with E-state index in [1.54, 1.807) is 0 Å². The van der Waals surface area contributed by atoms with E-state index in [0.717, 1.165) is 6.92 Å². The minimum atomic E-state index is -7.43. The number of carbonyl (C=O) groups is 4. The van der Waals surface area contributed by atoms with Crippen molar-refractivity contribution in [2.45, 2.75) is 77.5 Å². The van der Waals surface area contributed by atoms with Crippen LogP contribution in [0.15, 0.2) is 24.8 Å². The average molecular weight is 862 g/mol. The molecule has 0 heterocycles. The Hall–Kier alpha value is -4.18. The van der Waals surface area contributed by atoms with E-state index in [2.05, 4.69) is 32.1 Å². The van der Waals surface area contributed by atoms with Crippen LogP contribution in [0.3, 0.4) is 0 Å². The first-order chi connectivity index (χ1) is 24.1. The van der Waals surface area contributed by atoms with Crippen molar-refractivity contribution in [2.75, 3.05) is 26.4 Å². The third-order valence-electron chi connectivity index (χ3n) is 7.07. The zero-order chi connectivity index (χ0) is 44.3. The number of alkyl halides is 22. The minimum Gasteiger partial charge on any atom is -0.459 e. The van der Waals surface area contributed by atoms with Gasteiger partial charge in [-0.1, -0.05) is 13.2 Å². The van der Waals surface area contributed by atoms with E-state index in [4.69, 9.17) is 0 Å². The number of esters is 4. The van der Waals surface area contributed by atoms with Crippen molar-refractivity contribution in [1.82, 2.24) is 0 Å². The van der Waals surface area contributed by atoms with E-state index in [1.165, 1.54) is 0 Å². The number of ether oxygens (including phenoxy) is 4. The molecule has 30 heteroatoms. The highest BCUT2D eigenvalue weighted by Gasteiger charge is 3.04. The molecule has 0 N–H and O–H groups in total. The second-order valence-electron chi connectivity index (χ2n) is 10.6. The second-order valence-corrected chi connectivity index (χ2v) is 10.6. The van der Waals surface area contributed by atoms with E-state index in [1.807, 2.05) is 0 Å². The Labute approximate surface area is 288 Å². The van der Waals surface area contributed by atoms with Crippen molar-refractivity contribution >= 4 is 23.9 Å². The molecule has 0 bridgehead atoms. The maximum absolute atomic E-state index is 14.2. The molecule has 8 nitrogen and oxygen atoms in total. The molecule has 2 saturated carbocycles. The van der Waals surface area contributed by atoms with Crippen molar-refractivity contribution in [1.29, 1.82) is 0 Å². The summed E-state index contributed by atoms with van der Waals surface area (Å²) in [5, 5.41) is 0.